The maximum absolute atomic E-state index is 10.7. The second-order valence-electron chi connectivity index (χ2n) is 3.90. The van der Waals surface area contributed by atoms with Gasteiger partial charge in [0.2, 0.25) is 0 Å². The highest BCUT2D eigenvalue weighted by Crippen LogP contribution is 2.35. The van der Waals surface area contributed by atoms with Gasteiger partial charge in [-0.25, -0.2) is 0 Å². The molecule has 1 aromatic heterocycles. The van der Waals surface area contributed by atoms with E-state index >= 15 is 0 Å². The zero-order chi connectivity index (χ0) is 9.97. The van der Waals surface area contributed by atoms with E-state index in [-0.39, 0.29) is 5.92 Å². The molecule has 0 aromatic carbocycles. The Kier molecular flexibility index (Phi) is 2.57. The fourth-order valence-electron chi connectivity index (χ4n) is 2.15. The highest BCUT2D eigenvalue weighted by Gasteiger charge is 2.27. The summed E-state index contributed by atoms with van der Waals surface area (Å²) in [4.78, 5) is 10.7. The maximum Gasteiger partial charge on any atom is 0.306 e. The van der Waals surface area contributed by atoms with E-state index in [1.165, 1.54) is 0 Å². The number of rotatable bonds is 2. The first-order chi connectivity index (χ1) is 6.77. The van der Waals surface area contributed by atoms with E-state index in [9.17, 15) is 4.79 Å². The molecule has 0 atom stereocenters. The lowest BCUT2D eigenvalue weighted by atomic mass is 9.81. The molecule has 0 aliphatic heterocycles. The van der Waals surface area contributed by atoms with Crippen LogP contribution >= 0.6 is 0 Å². The lowest BCUT2D eigenvalue weighted by Gasteiger charge is -2.24. The summed E-state index contributed by atoms with van der Waals surface area (Å²) in [6.07, 6.45) is 5.11. The highest BCUT2D eigenvalue weighted by atomic mass is 16.4. The van der Waals surface area contributed by atoms with Crippen molar-refractivity contribution in [1.29, 1.82) is 0 Å². The molecule has 3 heteroatoms. The number of carbonyl (C=O) groups is 1. The lowest BCUT2D eigenvalue weighted by molar-refractivity contribution is -0.142. The average molecular weight is 194 g/mol. The van der Waals surface area contributed by atoms with Crippen molar-refractivity contribution in [3.8, 4) is 0 Å². The molecule has 1 fully saturated rings. The van der Waals surface area contributed by atoms with Crippen molar-refractivity contribution in [3.05, 3.63) is 24.2 Å². The molecule has 1 heterocycles. The summed E-state index contributed by atoms with van der Waals surface area (Å²) in [6, 6.07) is 3.87. The SMILES string of the molecule is O=C(O)C1CCC(c2ccco2)CC1. The topological polar surface area (TPSA) is 50.4 Å². The van der Waals surface area contributed by atoms with Crippen molar-refractivity contribution in [2.75, 3.05) is 0 Å². The van der Waals surface area contributed by atoms with Crippen molar-refractivity contribution in [2.45, 2.75) is 31.6 Å². The van der Waals surface area contributed by atoms with Crippen molar-refractivity contribution in [2.24, 2.45) is 5.92 Å². The van der Waals surface area contributed by atoms with Gasteiger partial charge in [0.15, 0.2) is 0 Å². The molecule has 0 bridgehead atoms. The molecule has 3 nitrogen and oxygen atoms in total. The fraction of sp³-hybridized carbons (Fsp3) is 0.545. The molecule has 1 aromatic rings. The summed E-state index contributed by atoms with van der Waals surface area (Å²) in [6.45, 7) is 0. The first kappa shape index (κ1) is 9.31. The van der Waals surface area contributed by atoms with Crippen molar-refractivity contribution < 1.29 is 14.3 Å². The molecular formula is C11H14O3. The third kappa shape index (κ3) is 1.81. The van der Waals surface area contributed by atoms with Gasteiger partial charge in [-0.05, 0) is 37.8 Å². The van der Waals surface area contributed by atoms with Gasteiger partial charge < -0.3 is 9.52 Å². The minimum Gasteiger partial charge on any atom is -0.481 e. The van der Waals surface area contributed by atoms with Crippen LogP contribution in [-0.4, -0.2) is 11.1 Å². The number of hydrogen-bond acceptors (Lipinski definition) is 2. The van der Waals surface area contributed by atoms with Crippen LogP contribution in [-0.2, 0) is 4.79 Å². The van der Waals surface area contributed by atoms with Crippen LogP contribution < -0.4 is 0 Å². The lowest BCUT2D eigenvalue weighted by Crippen LogP contribution is -2.20. The zero-order valence-corrected chi connectivity index (χ0v) is 7.98. The standard InChI is InChI=1S/C11H14O3/c12-11(13)9-5-3-8(4-6-9)10-2-1-7-14-10/h1-2,7-9H,3-6H2,(H,12,13). The molecule has 76 valence electrons. The summed E-state index contributed by atoms with van der Waals surface area (Å²) >= 11 is 0. The third-order valence-electron chi connectivity index (χ3n) is 3.02. The molecular weight excluding hydrogens is 180 g/mol. The maximum atomic E-state index is 10.7. The largest absolute Gasteiger partial charge is 0.481 e. The van der Waals surface area contributed by atoms with Gasteiger partial charge in [-0.15, -0.1) is 0 Å². The molecule has 1 aliphatic carbocycles. The van der Waals surface area contributed by atoms with E-state index in [0.29, 0.717) is 5.92 Å². The smallest absolute Gasteiger partial charge is 0.306 e. The van der Waals surface area contributed by atoms with E-state index in [2.05, 4.69) is 0 Å². The molecule has 1 aliphatic rings. The van der Waals surface area contributed by atoms with E-state index in [0.717, 1.165) is 31.4 Å². The van der Waals surface area contributed by atoms with Crippen LogP contribution in [0.3, 0.4) is 0 Å². The second kappa shape index (κ2) is 3.86. The first-order valence-electron chi connectivity index (χ1n) is 5.03. The number of carboxylic acids is 1. The Morgan fingerprint density at radius 3 is 2.57 bits per heavy atom. The van der Waals surface area contributed by atoms with Gasteiger partial charge in [-0.3, -0.25) is 4.79 Å². The summed E-state index contributed by atoms with van der Waals surface area (Å²) in [5, 5.41) is 8.83. The number of hydrogen-bond donors (Lipinski definition) is 1. The van der Waals surface area contributed by atoms with E-state index in [4.69, 9.17) is 9.52 Å². The molecule has 2 rings (SSSR count). The third-order valence-corrected chi connectivity index (χ3v) is 3.02. The van der Waals surface area contributed by atoms with Crippen molar-refractivity contribution >= 4 is 5.97 Å². The van der Waals surface area contributed by atoms with Crippen molar-refractivity contribution in [1.82, 2.24) is 0 Å². The number of furan rings is 1. The van der Waals surface area contributed by atoms with Gasteiger partial charge in [-0.1, -0.05) is 0 Å². The summed E-state index contributed by atoms with van der Waals surface area (Å²) in [5.41, 5.74) is 0. The Labute approximate surface area is 82.7 Å². The molecule has 0 amide bonds. The second-order valence-corrected chi connectivity index (χ2v) is 3.90. The van der Waals surface area contributed by atoms with Crippen LogP contribution in [0.5, 0.6) is 0 Å². The monoisotopic (exact) mass is 194 g/mol. The number of aliphatic carboxylic acids is 1. The zero-order valence-electron chi connectivity index (χ0n) is 7.98. The fourth-order valence-corrected chi connectivity index (χ4v) is 2.15. The van der Waals surface area contributed by atoms with Gasteiger partial charge in [-0.2, -0.15) is 0 Å². The van der Waals surface area contributed by atoms with Gasteiger partial charge in [0.05, 0.1) is 12.2 Å². The van der Waals surface area contributed by atoms with E-state index in [1.54, 1.807) is 6.26 Å². The molecule has 1 N–H and O–H groups in total. The molecule has 0 unspecified atom stereocenters. The van der Waals surface area contributed by atoms with Gasteiger partial charge in [0, 0.05) is 5.92 Å². The van der Waals surface area contributed by atoms with Crippen LogP contribution in [0.4, 0.5) is 0 Å². The molecule has 14 heavy (non-hydrogen) atoms. The van der Waals surface area contributed by atoms with Crippen LogP contribution in [0, 0.1) is 5.92 Å². The molecule has 0 spiro atoms. The molecule has 1 saturated carbocycles. The average Bonchev–Trinajstić information content (AvgIpc) is 2.71. The Morgan fingerprint density at radius 1 is 1.36 bits per heavy atom. The molecule has 0 radical (unpaired) electrons. The minimum absolute atomic E-state index is 0.138. The number of carboxylic acid groups (broad SMARTS) is 1. The van der Waals surface area contributed by atoms with Crippen LogP contribution in [0.25, 0.3) is 0 Å². The Morgan fingerprint density at radius 2 is 2.07 bits per heavy atom. The van der Waals surface area contributed by atoms with Crippen LogP contribution in [0.15, 0.2) is 22.8 Å². The predicted octanol–water partition coefficient (Wildman–Crippen LogP) is 2.64. The first-order valence-corrected chi connectivity index (χ1v) is 5.03. The van der Waals surface area contributed by atoms with Gasteiger partial charge in [0.25, 0.3) is 0 Å². The predicted molar refractivity (Wildman–Crippen MR) is 51.0 cm³/mol. The minimum atomic E-state index is -0.650. The summed E-state index contributed by atoms with van der Waals surface area (Å²) in [7, 11) is 0. The quantitative estimate of drug-likeness (QED) is 0.787. The Hall–Kier alpha value is -1.25. The Bertz CT molecular complexity index is 294. The van der Waals surface area contributed by atoms with Crippen LogP contribution in [0.2, 0.25) is 0 Å². The summed E-state index contributed by atoms with van der Waals surface area (Å²) in [5.74, 6) is 0.651. The highest BCUT2D eigenvalue weighted by molar-refractivity contribution is 5.70. The molecule has 0 saturated heterocycles. The van der Waals surface area contributed by atoms with E-state index < -0.39 is 5.97 Å². The van der Waals surface area contributed by atoms with Crippen molar-refractivity contribution in [3.63, 3.8) is 0 Å². The van der Waals surface area contributed by atoms with Crippen LogP contribution in [0.1, 0.15) is 37.4 Å². The van der Waals surface area contributed by atoms with Gasteiger partial charge >= 0.3 is 5.97 Å². The Balaban J connectivity index is 1.93. The van der Waals surface area contributed by atoms with Gasteiger partial charge in [0.1, 0.15) is 5.76 Å². The summed E-state index contributed by atoms with van der Waals surface area (Å²) < 4.78 is 5.32. The van der Waals surface area contributed by atoms with E-state index in [1.807, 2.05) is 12.1 Å². The normalized spacial score (nSPS) is 27.4.